The number of anilines is 1. The van der Waals surface area contributed by atoms with Gasteiger partial charge in [0.25, 0.3) is 0 Å². The third-order valence-electron chi connectivity index (χ3n) is 5.79. The molecule has 7 nitrogen and oxygen atoms in total. The Labute approximate surface area is 205 Å². The van der Waals surface area contributed by atoms with Crippen LogP contribution in [0.4, 0.5) is 5.82 Å². The molecule has 0 spiro atoms. The molecule has 34 heavy (non-hydrogen) atoms. The fourth-order valence-corrected chi connectivity index (χ4v) is 5.42. The zero-order chi connectivity index (χ0) is 24.5. The lowest BCUT2D eigenvalue weighted by Gasteiger charge is -2.24. The van der Waals surface area contributed by atoms with Gasteiger partial charge in [0.1, 0.15) is 12.4 Å². The lowest BCUT2D eigenvalue weighted by atomic mass is 9.87. The van der Waals surface area contributed by atoms with Gasteiger partial charge in [-0.25, -0.2) is 0 Å². The molecular weight excluding hydrogens is 446 g/mol. The first-order valence-corrected chi connectivity index (χ1v) is 12.4. The first-order chi connectivity index (χ1) is 16.1. The minimum absolute atomic E-state index is 0.0524. The van der Waals surface area contributed by atoms with E-state index >= 15 is 0 Å². The number of aromatic nitrogens is 3. The molecule has 2 amide bonds. The van der Waals surface area contributed by atoms with Crippen LogP contribution in [0.2, 0.25) is 0 Å². The van der Waals surface area contributed by atoms with Gasteiger partial charge in [-0.15, -0.1) is 11.8 Å². The Morgan fingerprint density at radius 1 is 1.21 bits per heavy atom. The summed E-state index contributed by atoms with van der Waals surface area (Å²) in [6.07, 6.45) is 1.69. The molecule has 1 aromatic carbocycles. The van der Waals surface area contributed by atoms with Crippen LogP contribution in [0, 0.1) is 6.92 Å². The number of nitrogens with zero attached hydrogens (tertiary/aromatic N) is 4. The summed E-state index contributed by atoms with van der Waals surface area (Å²) in [7, 11) is 1.85. The molecule has 0 aliphatic carbocycles. The van der Waals surface area contributed by atoms with Gasteiger partial charge in [0.05, 0.1) is 28.9 Å². The van der Waals surface area contributed by atoms with Gasteiger partial charge >= 0.3 is 0 Å². The SMILES string of the molecule is Cc1cccc(C2SCC(=O)N(CC(=O)NCc3ccccn3)c3c2c(C(C)(C)C)nn3C)c1. The van der Waals surface area contributed by atoms with Crippen molar-refractivity contribution in [3.05, 3.63) is 76.7 Å². The maximum Gasteiger partial charge on any atom is 0.240 e. The Balaban J connectivity index is 1.72. The number of rotatable bonds is 5. The Bertz CT molecular complexity index is 1200. The third-order valence-corrected chi connectivity index (χ3v) is 7.05. The molecule has 0 fully saturated rings. The summed E-state index contributed by atoms with van der Waals surface area (Å²) in [6.45, 7) is 8.71. The summed E-state index contributed by atoms with van der Waals surface area (Å²) < 4.78 is 1.76. The average Bonchev–Trinajstić information content (AvgIpc) is 3.06. The zero-order valence-electron chi connectivity index (χ0n) is 20.3. The number of carbonyl (C=O) groups excluding carboxylic acids is 2. The van der Waals surface area contributed by atoms with E-state index in [1.54, 1.807) is 27.5 Å². The van der Waals surface area contributed by atoms with E-state index in [0.29, 0.717) is 12.4 Å². The van der Waals surface area contributed by atoms with Crippen molar-refractivity contribution in [2.24, 2.45) is 7.05 Å². The van der Waals surface area contributed by atoms with Crippen LogP contribution in [0.25, 0.3) is 0 Å². The molecule has 1 aliphatic heterocycles. The van der Waals surface area contributed by atoms with Crippen molar-refractivity contribution in [1.82, 2.24) is 20.1 Å². The smallest absolute Gasteiger partial charge is 0.240 e. The molecule has 178 valence electrons. The Hall–Kier alpha value is -3.13. The highest BCUT2D eigenvalue weighted by Gasteiger charge is 2.38. The van der Waals surface area contributed by atoms with Crippen molar-refractivity contribution in [2.75, 3.05) is 17.2 Å². The van der Waals surface area contributed by atoms with Gasteiger partial charge in [-0.05, 0) is 24.6 Å². The number of aryl methyl sites for hydroxylation is 2. The van der Waals surface area contributed by atoms with E-state index in [1.165, 1.54) is 5.56 Å². The van der Waals surface area contributed by atoms with E-state index in [9.17, 15) is 9.59 Å². The second kappa shape index (κ2) is 9.62. The predicted molar refractivity (Wildman–Crippen MR) is 136 cm³/mol. The molecule has 1 aliphatic rings. The molecule has 0 saturated heterocycles. The molecule has 1 unspecified atom stereocenters. The van der Waals surface area contributed by atoms with Crippen molar-refractivity contribution in [3.63, 3.8) is 0 Å². The second-order valence-corrected chi connectivity index (χ2v) is 10.7. The Kier molecular flexibility index (Phi) is 6.79. The van der Waals surface area contributed by atoms with Gasteiger partial charge in [-0.2, -0.15) is 5.10 Å². The van der Waals surface area contributed by atoms with E-state index in [-0.39, 0.29) is 34.8 Å². The summed E-state index contributed by atoms with van der Waals surface area (Å²) in [5, 5.41) is 7.70. The van der Waals surface area contributed by atoms with Crippen LogP contribution in [-0.2, 0) is 28.6 Å². The minimum Gasteiger partial charge on any atom is -0.349 e. The fourth-order valence-electron chi connectivity index (χ4n) is 4.23. The maximum atomic E-state index is 13.3. The Morgan fingerprint density at radius 3 is 2.68 bits per heavy atom. The first-order valence-electron chi connectivity index (χ1n) is 11.4. The number of thioether (sulfide) groups is 1. The van der Waals surface area contributed by atoms with Crippen molar-refractivity contribution in [3.8, 4) is 0 Å². The molecule has 1 atom stereocenters. The highest BCUT2D eigenvalue weighted by atomic mass is 32.2. The lowest BCUT2D eigenvalue weighted by molar-refractivity contribution is -0.123. The maximum absolute atomic E-state index is 13.3. The van der Waals surface area contributed by atoms with E-state index in [1.807, 2.05) is 31.3 Å². The number of carbonyl (C=O) groups is 2. The highest BCUT2D eigenvalue weighted by Crippen LogP contribution is 2.47. The molecule has 3 heterocycles. The third kappa shape index (κ3) is 5.01. The van der Waals surface area contributed by atoms with Gasteiger partial charge in [0.15, 0.2) is 0 Å². The minimum atomic E-state index is -0.234. The summed E-state index contributed by atoms with van der Waals surface area (Å²) in [5.41, 5.74) is 4.80. The molecular formula is C26H31N5O2S. The number of hydrogen-bond acceptors (Lipinski definition) is 5. The second-order valence-electron chi connectivity index (χ2n) is 9.64. The average molecular weight is 478 g/mol. The molecule has 1 N–H and O–H groups in total. The number of hydrogen-bond donors (Lipinski definition) is 1. The van der Waals surface area contributed by atoms with Crippen LogP contribution < -0.4 is 10.2 Å². The molecule has 8 heteroatoms. The molecule has 2 aromatic heterocycles. The molecule has 4 rings (SSSR count). The first kappa shape index (κ1) is 24.0. The van der Waals surface area contributed by atoms with E-state index in [4.69, 9.17) is 5.10 Å². The van der Waals surface area contributed by atoms with E-state index in [2.05, 4.69) is 56.2 Å². The fraction of sp³-hybridized carbons (Fsp3) is 0.385. The van der Waals surface area contributed by atoms with Crippen molar-refractivity contribution >= 4 is 29.4 Å². The van der Waals surface area contributed by atoms with Gasteiger partial charge in [0, 0.05) is 24.2 Å². The topological polar surface area (TPSA) is 80.1 Å². The summed E-state index contributed by atoms with van der Waals surface area (Å²) in [6, 6.07) is 14.0. The normalized spacial score (nSPS) is 16.2. The number of nitrogens with one attached hydrogen (secondary N) is 1. The van der Waals surface area contributed by atoms with Gasteiger partial charge in [-0.3, -0.25) is 24.2 Å². The highest BCUT2D eigenvalue weighted by molar-refractivity contribution is 8.00. The molecule has 0 bridgehead atoms. The van der Waals surface area contributed by atoms with Crippen molar-refractivity contribution in [1.29, 1.82) is 0 Å². The van der Waals surface area contributed by atoms with E-state index in [0.717, 1.165) is 22.5 Å². The standard InChI is InChI=1S/C26H31N5O2S/c1-17-9-8-10-18(13-17)23-22-24(26(2,3)4)29-30(5)25(22)31(21(33)16-34-23)15-20(32)28-14-19-11-6-7-12-27-19/h6-13,23H,14-16H2,1-5H3,(H,28,32). The number of pyridine rings is 1. The molecule has 0 saturated carbocycles. The van der Waals surface area contributed by atoms with Crippen LogP contribution in [0.15, 0.2) is 48.7 Å². The van der Waals surface area contributed by atoms with Crippen LogP contribution >= 0.6 is 11.8 Å². The van der Waals surface area contributed by atoms with Crippen molar-refractivity contribution in [2.45, 2.75) is 44.9 Å². The van der Waals surface area contributed by atoms with Gasteiger partial charge in [-0.1, -0.05) is 56.7 Å². The van der Waals surface area contributed by atoms with Crippen LogP contribution in [0.3, 0.4) is 0 Å². The summed E-state index contributed by atoms with van der Waals surface area (Å²) >= 11 is 1.60. The predicted octanol–water partition coefficient (Wildman–Crippen LogP) is 3.91. The largest absolute Gasteiger partial charge is 0.349 e. The summed E-state index contributed by atoms with van der Waals surface area (Å²) in [5.74, 6) is 0.643. The number of benzene rings is 1. The number of amides is 2. The van der Waals surface area contributed by atoms with Crippen LogP contribution in [0.5, 0.6) is 0 Å². The number of fused-ring (bicyclic) bond motifs is 1. The van der Waals surface area contributed by atoms with E-state index < -0.39 is 0 Å². The Morgan fingerprint density at radius 2 is 2.00 bits per heavy atom. The summed E-state index contributed by atoms with van der Waals surface area (Å²) in [4.78, 5) is 32.0. The van der Waals surface area contributed by atoms with Crippen LogP contribution in [0.1, 0.15) is 54.1 Å². The molecule has 3 aromatic rings. The molecule has 0 radical (unpaired) electrons. The van der Waals surface area contributed by atoms with Gasteiger partial charge in [0.2, 0.25) is 11.8 Å². The van der Waals surface area contributed by atoms with Gasteiger partial charge < -0.3 is 5.32 Å². The zero-order valence-corrected chi connectivity index (χ0v) is 21.1. The van der Waals surface area contributed by atoms with Crippen LogP contribution in [-0.4, -0.2) is 38.9 Å². The van der Waals surface area contributed by atoms with Crippen molar-refractivity contribution < 1.29 is 9.59 Å². The lowest BCUT2D eigenvalue weighted by Crippen LogP contribution is -2.42. The quantitative estimate of drug-likeness (QED) is 0.603. The monoisotopic (exact) mass is 477 g/mol.